The van der Waals surface area contributed by atoms with E-state index in [0.29, 0.717) is 5.56 Å². The van der Waals surface area contributed by atoms with Gasteiger partial charge in [-0.25, -0.2) is 0 Å². The van der Waals surface area contributed by atoms with Crippen molar-refractivity contribution in [2.24, 2.45) is 0 Å². The normalized spacial score (nSPS) is 10.4. The molecule has 0 saturated carbocycles. The lowest BCUT2D eigenvalue weighted by molar-refractivity contribution is 0.0793. The number of aromatic nitrogens is 1. The van der Waals surface area contributed by atoms with Crippen molar-refractivity contribution < 1.29 is 4.79 Å². The van der Waals surface area contributed by atoms with E-state index in [9.17, 15) is 4.79 Å². The van der Waals surface area contributed by atoms with Gasteiger partial charge in [0.25, 0.3) is 5.91 Å². The Kier molecular flexibility index (Phi) is 7.05. The van der Waals surface area contributed by atoms with E-state index in [-0.39, 0.29) is 5.91 Å². The maximum Gasteiger partial charge on any atom is 0.255 e. The monoisotopic (exact) mass is 277 g/mol. The second-order valence-electron chi connectivity index (χ2n) is 5.29. The Balaban J connectivity index is 2.73. The summed E-state index contributed by atoms with van der Waals surface area (Å²) in [5.41, 5.74) is 1.68. The van der Waals surface area contributed by atoms with Gasteiger partial charge in [-0.1, -0.05) is 26.7 Å². The summed E-state index contributed by atoms with van der Waals surface area (Å²) in [5.74, 6) is 0.0525. The zero-order valence-corrected chi connectivity index (χ0v) is 13.2. The molecule has 0 bridgehead atoms. The molecule has 4 heteroatoms. The molecular formula is C16H27N3O. The van der Waals surface area contributed by atoms with E-state index in [0.717, 1.165) is 44.5 Å². The first-order valence-electron chi connectivity index (χ1n) is 7.51. The fourth-order valence-electron chi connectivity index (χ4n) is 2.00. The fraction of sp³-hybridized carbons (Fsp3) is 0.625. The summed E-state index contributed by atoms with van der Waals surface area (Å²) >= 11 is 0. The Hall–Kier alpha value is -1.58. The number of nitrogens with zero attached hydrogens (tertiary/aromatic N) is 3. The molecule has 1 aromatic rings. The summed E-state index contributed by atoms with van der Waals surface area (Å²) < 4.78 is 0. The highest BCUT2D eigenvalue weighted by Crippen LogP contribution is 2.15. The van der Waals surface area contributed by atoms with Crippen LogP contribution >= 0.6 is 0 Å². The van der Waals surface area contributed by atoms with Gasteiger partial charge in [0.1, 0.15) is 0 Å². The van der Waals surface area contributed by atoms with Crippen molar-refractivity contribution in [2.45, 2.75) is 39.5 Å². The molecule has 0 aliphatic rings. The van der Waals surface area contributed by atoms with Crippen LogP contribution in [0.3, 0.4) is 0 Å². The van der Waals surface area contributed by atoms with Gasteiger partial charge in [-0.2, -0.15) is 0 Å². The van der Waals surface area contributed by atoms with Gasteiger partial charge in [-0.05, 0) is 18.9 Å². The minimum atomic E-state index is 0.0525. The van der Waals surface area contributed by atoms with Gasteiger partial charge in [0.2, 0.25) is 0 Å². The standard InChI is InChI=1S/C16H27N3O/c1-5-7-9-18(3)15-11-14(12-17-13-15)16(20)19(4)10-8-6-2/h11-13H,5-10H2,1-4H3. The van der Waals surface area contributed by atoms with Gasteiger partial charge in [0, 0.05) is 33.4 Å². The van der Waals surface area contributed by atoms with Crippen molar-refractivity contribution in [3.8, 4) is 0 Å². The third-order valence-electron chi connectivity index (χ3n) is 3.45. The van der Waals surface area contributed by atoms with Crippen LogP contribution in [0.25, 0.3) is 0 Å². The molecule has 4 nitrogen and oxygen atoms in total. The average Bonchev–Trinajstić information content (AvgIpc) is 2.49. The maximum absolute atomic E-state index is 12.3. The van der Waals surface area contributed by atoms with Crippen molar-refractivity contribution in [3.63, 3.8) is 0 Å². The molecular weight excluding hydrogens is 250 g/mol. The highest BCUT2D eigenvalue weighted by atomic mass is 16.2. The lowest BCUT2D eigenvalue weighted by atomic mass is 10.2. The van der Waals surface area contributed by atoms with Crippen LogP contribution in [0.2, 0.25) is 0 Å². The molecule has 0 spiro atoms. The minimum absolute atomic E-state index is 0.0525. The van der Waals surface area contributed by atoms with Crippen LogP contribution in [0, 0.1) is 0 Å². The smallest absolute Gasteiger partial charge is 0.255 e. The third-order valence-corrected chi connectivity index (χ3v) is 3.45. The third kappa shape index (κ3) is 4.83. The lowest BCUT2D eigenvalue weighted by Gasteiger charge is -2.20. The number of carbonyl (C=O) groups is 1. The second kappa shape index (κ2) is 8.56. The van der Waals surface area contributed by atoms with Crippen molar-refractivity contribution in [3.05, 3.63) is 24.0 Å². The first kappa shape index (κ1) is 16.5. The van der Waals surface area contributed by atoms with Gasteiger partial charge < -0.3 is 9.80 Å². The summed E-state index contributed by atoms with van der Waals surface area (Å²) in [5, 5.41) is 0. The molecule has 20 heavy (non-hydrogen) atoms. The predicted molar refractivity (Wildman–Crippen MR) is 84.3 cm³/mol. The summed E-state index contributed by atoms with van der Waals surface area (Å²) in [7, 11) is 3.90. The van der Waals surface area contributed by atoms with Crippen LogP contribution in [-0.4, -0.2) is 43.0 Å². The largest absolute Gasteiger partial charge is 0.373 e. The van der Waals surface area contributed by atoms with E-state index in [1.165, 1.54) is 0 Å². The molecule has 1 aromatic heterocycles. The van der Waals surface area contributed by atoms with E-state index in [1.807, 2.05) is 26.4 Å². The SMILES string of the molecule is CCCCN(C)C(=O)c1cncc(N(C)CCCC)c1. The highest BCUT2D eigenvalue weighted by molar-refractivity contribution is 5.94. The first-order valence-corrected chi connectivity index (χ1v) is 7.51. The van der Waals surface area contributed by atoms with E-state index in [2.05, 4.69) is 23.7 Å². The van der Waals surface area contributed by atoms with Crippen LogP contribution in [0.15, 0.2) is 18.5 Å². The number of hydrogen-bond acceptors (Lipinski definition) is 3. The van der Waals surface area contributed by atoms with E-state index < -0.39 is 0 Å². The molecule has 1 heterocycles. The number of rotatable bonds is 8. The Bertz CT molecular complexity index is 420. The van der Waals surface area contributed by atoms with Gasteiger partial charge in [-0.15, -0.1) is 0 Å². The molecule has 0 fully saturated rings. The summed E-state index contributed by atoms with van der Waals surface area (Å²) in [6.45, 7) is 6.09. The van der Waals surface area contributed by atoms with Crippen molar-refractivity contribution >= 4 is 11.6 Å². The summed E-state index contributed by atoms with van der Waals surface area (Å²) in [4.78, 5) is 20.4. The van der Waals surface area contributed by atoms with Crippen molar-refractivity contribution in [1.29, 1.82) is 0 Å². The zero-order valence-electron chi connectivity index (χ0n) is 13.2. The Morgan fingerprint density at radius 3 is 2.40 bits per heavy atom. The Labute approximate surface area is 122 Å². The molecule has 0 aromatic carbocycles. The van der Waals surface area contributed by atoms with E-state index in [1.54, 1.807) is 11.1 Å². The number of anilines is 1. The molecule has 112 valence electrons. The van der Waals surface area contributed by atoms with Gasteiger partial charge in [-0.3, -0.25) is 9.78 Å². The van der Waals surface area contributed by atoms with Crippen LogP contribution in [0.4, 0.5) is 5.69 Å². The quantitative estimate of drug-likeness (QED) is 0.732. The lowest BCUT2D eigenvalue weighted by Crippen LogP contribution is -2.28. The number of carbonyl (C=O) groups excluding carboxylic acids is 1. The molecule has 0 radical (unpaired) electrons. The highest BCUT2D eigenvalue weighted by Gasteiger charge is 2.13. The van der Waals surface area contributed by atoms with E-state index >= 15 is 0 Å². The van der Waals surface area contributed by atoms with Gasteiger partial charge >= 0.3 is 0 Å². The molecule has 1 rings (SSSR count). The number of amides is 1. The number of unbranched alkanes of at least 4 members (excludes halogenated alkanes) is 2. The molecule has 0 atom stereocenters. The molecule has 0 aliphatic carbocycles. The van der Waals surface area contributed by atoms with Crippen LogP contribution in [0.5, 0.6) is 0 Å². The summed E-state index contributed by atoms with van der Waals surface area (Å²) in [6.07, 6.45) is 7.91. The van der Waals surface area contributed by atoms with Crippen molar-refractivity contribution in [2.75, 3.05) is 32.1 Å². The molecule has 0 N–H and O–H groups in total. The number of hydrogen-bond donors (Lipinski definition) is 0. The van der Waals surface area contributed by atoms with Crippen LogP contribution in [0.1, 0.15) is 49.9 Å². The van der Waals surface area contributed by atoms with Crippen molar-refractivity contribution in [1.82, 2.24) is 9.88 Å². The van der Waals surface area contributed by atoms with Gasteiger partial charge in [0.15, 0.2) is 0 Å². The minimum Gasteiger partial charge on any atom is -0.373 e. The van der Waals surface area contributed by atoms with Crippen LogP contribution < -0.4 is 4.90 Å². The molecule has 0 saturated heterocycles. The predicted octanol–water partition coefficient (Wildman–Crippen LogP) is 3.19. The van der Waals surface area contributed by atoms with Gasteiger partial charge in [0.05, 0.1) is 17.4 Å². The molecule has 0 unspecified atom stereocenters. The topological polar surface area (TPSA) is 36.4 Å². The molecule has 1 amide bonds. The second-order valence-corrected chi connectivity index (χ2v) is 5.29. The maximum atomic E-state index is 12.3. The first-order chi connectivity index (χ1) is 9.60. The number of pyridine rings is 1. The summed E-state index contributed by atoms with van der Waals surface area (Å²) in [6, 6.07) is 1.94. The fourth-order valence-corrected chi connectivity index (χ4v) is 2.00. The Morgan fingerprint density at radius 2 is 1.75 bits per heavy atom. The van der Waals surface area contributed by atoms with E-state index in [4.69, 9.17) is 0 Å². The molecule has 0 aliphatic heterocycles. The average molecular weight is 277 g/mol. The van der Waals surface area contributed by atoms with Crippen LogP contribution in [-0.2, 0) is 0 Å². The Morgan fingerprint density at radius 1 is 1.10 bits per heavy atom. The zero-order chi connectivity index (χ0) is 15.0.